The van der Waals surface area contributed by atoms with Gasteiger partial charge in [-0.3, -0.25) is 9.80 Å². The summed E-state index contributed by atoms with van der Waals surface area (Å²) in [7, 11) is 0. The SMILES string of the molecule is C[C@@H]1CN(CCOc2ccccc2)[C@H](C)CN1CCO. The maximum atomic E-state index is 9.08. The number of nitrogens with zero attached hydrogens (tertiary/aromatic N) is 2. The lowest BCUT2D eigenvalue weighted by Gasteiger charge is -2.43. The fourth-order valence-electron chi connectivity index (χ4n) is 2.82. The number of β-amino-alcohol motifs (C(OH)–C–C–N with tert-alkyl or cyclic N) is 1. The minimum absolute atomic E-state index is 0.244. The van der Waals surface area contributed by atoms with Crippen molar-refractivity contribution >= 4 is 0 Å². The van der Waals surface area contributed by atoms with Gasteiger partial charge in [0, 0.05) is 38.3 Å². The van der Waals surface area contributed by atoms with Gasteiger partial charge in [0.1, 0.15) is 12.4 Å². The second-order valence-corrected chi connectivity index (χ2v) is 5.57. The molecule has 0 aliphatic carbocycles. The maximum absolute atomic E-state index is 9.08. The molecule has 1 aromatic carbocycles. The van der Waals surface area contributed by atoms with E-state index in [4.69, 9.17) is 9.84 Å². The Morgan fingerprint density at radius 3 is 2.25 bits per heavy atom. The monoisotopic (exact) mass is 278 g/mol. The lowest BCUT2D eigenvalue weighted by Crippen LogP contribution is -2.57. The summed E-state index contributed by atoms with van der Waals surface area (Å²) in [4.78, 5) is 4.83. The van der Waals surface area contributed by atoms with Crippen LogP contribution in [0.15, 0.2) is 30.3 Å². The third-order valence-corrected chi connectivity index (χ3v) is 4.02. The van der Waals surface area contributed by atoms with E-state index in [-0.39, 0.29) is 6.61 Å². The van der Waals surface area contributed by atoms with Crippen molar-refractivity contribution in [2.75, 3.05) is 39.4 Å². The van der Waals surface area contributed by atoms with Crippen LogP contribution in [-0.2, 0) is 0 Å². The lowest BCUT2D eigenvalue weighted by atomic mass is 10.1. The average molecular weight is 278 g/mol. The van der Waals surface area contributed by atoms with Crippen LogP contribution in [0.2, 0.25) is 0 Å². The predicted molar refractivity (Wildman–Crippen MR) is 81.1 cm³/mol. The van der Waals surface area contributed by atoms with Crippen LogP contribution >= 0.6 is 0 Å². The molecule has 4 heteroatoms. The van der Waals surface area contributed by atoms with Crippen molar-refractivity contribution in [2.45, 2.75) is 25.9 Å². The molecule has 0 spiro atoms. The molecule has 1 fully saturated rings. The van der Waals surface area contributed by atoms with Crippen molar-refractivity contribution in [1.82, 2.24) is 9.80 Å². The quantitative estimate of drug-likeness (QED) is 0.854. The van der Waals surface area contributed by atoms with Gasteiger partial charge in [-0.2, -0.15) is 0 Å². The molecule has 112 valence electrons. The summed E-state index contributed by atoms with van der Waals surface area (Å²) in [6.45, 7) is 9.24. The highest BCUT2D eigenvalue weighted by Crippen LogP contribution is 2.15. The van der Waals surface area contributed by atoms with Gasteiger partial charge in [-0.25, -0.2) is 0 Å². The Labute approximate surface area is 122 Å². The molecule has 0 unspecified atom stereocenters. The highest BCUT2D eigenvalue weighted by atomic mass is 16.5. The zero-order valence-corrected chi connectivity index (χ0v) is 12.5. The van der Waals surface area contributed by atoms with Crippen LogP contribution < -0.4 is 4.74 Å². The number of hydrogen-bond donors (Lipinski definition) is 1. The summed E-state index contributed by atoms with van der Waals surface area (Å²) in [5.41, 5.74) is 0. The second kappa shape index (κ2) is 7.62. The molecule has 0 amide bonds. The minimum atomic E-state index is 0.244. The number of ether oxygens (including phenoxy) is 1. The van der Waals surface area contributed by atoms with Gasteiger partial charge in [-0.1, -0.05) is 18.2 Å². The largest absolute Gasteiger partial charge is 0.492 e. The first-order valence-corrected chi connectivity index (χ1v) is 7.47. The van der Waals surface area contributed by atoms with Crippen LogP contribution in [0.25, 0.3) is 0 Å². The zero-order valence-electron chi connectivity index (χ0n) is 12.5. The molecule has 1 aliphatic rings. The van der Waals surface area contributed by atoms with Crippen LogP contribution in [0.3, 0.4) is 0 Å². The number of benzene rings is 1. The molecule has 1 N–H and O–H groups in total. The number of para-hydroxylation sites is 1. The van der Waals surface area contributed by atoms with Crippen LogP contribution in [0.1, 0.15) is 13.8 Å². The summed E-state index contributed by atoms with van der Waals surface area (Å²) in [6, 6.07) is 11.0. The molecule has 2 atom stereocenters. The van der Waals surface area contributed by atoms with Gasteiger partial charge < -0.3 is 9.84 Å². The van der Waals surface area contributed by atoms with Crippen LogP contribution in [0, 0.1) is 0 Å². The van der Waals surface area contributed by atoms with Crippen LogP contribution in [0.4, 0.5) is 0 Å². The van der Waals surface area contributed by atoms with E-state index in [1.807, 2.05) is 30.3 Å². The van der Waals surface area contributed by atoms with Gasteiger partial charge in [0.05, 0.1) is 6.61 Å². The standard InChI is InChI=1S/C16H26N2O2/c1-14-13-18(15(2)12-17(14)8-10-19)9-11-20-16-6-4-3-5-7-16/h3-7,14-15,19H,8-13H2,1-2H3/t14-,15-/m1/s1. The molecular formula is C16H26N2O2. The van der Waals surface area contributed by atoms with E-state index in [9.17, 15) is 0 Å². The van der Waals surface area contributed by atoms with E-state index in [0.717, 1.165) is 38.5 Å². The predicted octanol–water partition coefficient (Wildman–Crippen LogP) is 1.45. The molecule has 20 heavy (non-hydrogen) atoms. The Bertz CT molecular complexity index is 385. The number of aliphatic hydroxyl groups is 1. The average Bonchev–Trinajstić information content (AvgIpc) is 2.45. The molecule has 1 heterocycles. The van der Waals surface area contributed by atoms with Crippen LogP contribution in [-0.4, -0.2) is 66.4 Å². The first-order chi connectivity index (χ1) is 9.70. The van der Waals surface area contributed by atoms with E-state index in [1.165, 1.54) is 0 Å². The zero-order chi connectivity index (χ0) is 14.4. The Morgan fingerprint density at radius 2 is 1.65 bits per heavy atom. The molecule has 1 aromatic rings. The van der Waals surface area contributed by atoms with E-state index < -0.39 is 0 Å². The highest BCUT2D eigenvalue weighted by Gasteiger charge is 2.28. The molecule has 1 aliphatic heterocycles. The fourth-order valence-corrected chi connectivity index (χ4v) is 2.82. The van der Waals surface area contributed by atoms with Crippen LogP contribution in [0.5, 0.6) is 5.75 Å². The lowest BCUT2D eigenvalue weighted by molar-refractivity contribution is 0.0261. The van der Waals surface area contributed by atoms with Crippen molar-refractivity contribution in [3.63, 3.8) is 0 Å². The van der Waals surface area contributed by atoms with Gasteiger partial charge in [0.25, 0.3) is 0 Å². The molecule has 1 saturated heterocycles. The third kappa shape index (κ3) is 4.20. The van der Waals surface area contributed by atoms with Gasteiger partial charge in [0.15, 0.2) is 0 Å². The summed E-state index contributed by atoms with van der Waals surface area (Å²) in [6.07, 6.45) is 0. The Morgan fingerprint density at radius 1 is 1.05 bits per heavy atom. The van der Waals surface area contributed by atoms with E-state index in [2.05, 4.69) is 23.6 Å². The fraction of sp³-hybridized carbons (Fsp3) is 0.625. The Balaban J connectivity index is 1.76. The summed E-state index contributed by atoms with van der Waals surface area (Å²) < 4.78 is 5.77. The molecule has 0 bridgehead atoms. The van der Waals surface area contributed by atoms with E-state index >= 15 is 0 Å². The van der Waals surface area contributed by atoms with Gasteiger partial charge in [0.2, 0.25) is 0 Å². The minimum Gasteiger partial charge on any atom is -0.492 e. The Kier molecular flexibility index (Phi) is 5.83. The highest BCUT2D eigenvalue weighted by molar-refractivity contribution is 5.20. The van der Waals surface area contributed by atoms with Crippen molar-refractivity contribution in [3.8, 4) is 5.75 Å². The van der Waals surface area contributed by atoms with Gasteiger partial charge >= 0.3 is 0 Å². The number of piperazine rings is 1. The van der Waals surface area contributed by atoms with Crippen molar-refractivity contribution in [2.24, 2.45) is 0 Å². The Hall–Kier alpha value is -1.10. The second-order valence-electron chi connectivity index (χ2n) is 5.57. The molecule has 0 saturated carbocycles. The van der Waals surface area contributed by atoms with Gasteiger partial charge in [-0.05, 0) is 26.0 Å². The normalized spacial score (nSPS) is 24.8. The number of rotatable bonds is 6. The molecule has 4 nitrogen and oxygen atoms in total. The first-order valence-electron chi connectivity index (χ1n) is 7.47. The van der Waals surface area contributed by atoms with Crippen molar-refractivity contribution < 1.29 is 9.84 Å². The molecular weight excluding hydrogens is 252 g/mol. The number of hydrogen-bond acceptors (Lipinski definition) is 4. The molecule has 0 aromatic heterocycles. The summed E-state index contributed by atoms with van der Waals surface area (Å²) in [5.74, 6) is 0.937. The number of aliphatic hydroxyl groups excluding tert-OH is 1. The first kappa shape index (κ1) is 15.3. The maximum Gasteiger partial charge on any atom is 0.119 e. The summed E-state index contributed by atoms with van der Waals surface area (Å²) >= 11 is 0. The summed E-state index contributed by atoms with van der Waals surface area (Å²) in [5, 5.41) is 9.08. The van der Waals surface area contributed by atoms with Gasteiger partial charge in [-0.15, -0.1) is 0 Å². The molecule has 2 rings (SSSR count). The topological polar surface area (TPSA) is 35.9 Å². The van der Waals surface area contributed by atoms with E-state index in [0.29, 0.717) is 12.1 Å². The smallest absolute Gasteiger partial charge is 0.119 e. The van der Waals surface area contributed by atoms with Crippen molar-refractivity contribution in [1.29, 1.82) is 0 Å². The third-order valence-electron chi connectivity index (χ3n) is 4.02. The molecule has 0 radical (unpaired) electrons. The van der Waals surface area contributed by atoms with E-state index in [1.54, 1.807) is 0 Å². The van der Waals surface area contributed by atoms with Crippen molar-refractivity contribution in [3.05, 3.63) is 30.3 Å².